The largest absolute Gasteiger partial charge is 0.456 e. The maximum atomic E-state index is 6.09. The maximum Gasteiger partial charge on any atom is 0.135 e. The molecule has 642 valence electrons. The fraction of sp³-hybridized carbons (Fsp3) is 0.0233. The van der Waals surface area contributed by atoms with Crippen LogP contribution in [0.15, 0.2) is 478 Å². The molecule has 8 heteroatoms. The molecular weight excluding hydrogens is 1680 g/mol. The number of hydrogen-bond donors (Lipinski definition) is 0. The maximum absolute atomic E-state index is 6.09. The normalized spacial score (nSPS) is 12.5. The fourth-order valence-corrected chi connectivity index (χ4v) is 24.0. The lowest BCUT2D eigenvalue weighted by molar-refractivity contribution is 0.660. The lowest BCUT2D eigenvalue weighted by Gasteiger charge is -2.21. The van der Waals surface area contributed by atoms with Crippen molar-refractivity contribution in [2.24, 2.45) is 0 Å². The van der Waals surface area contributed by atoms with Crippen molar-refractivity contribution in [1.29, 1.82) is 0 Å². The van der Waals surface area contributed by atoms with E-state index >= 15 is 0 Å². The Labute approximate surface area is 792 Å². The zero-order valence-corrected chi connectivity index (χ0v) is 75.8. The Hall–Kier alpha value is -17.6. The molecule has 0 spiro atoms. The van der Waals surface area contributed by atoms with Gasteiger partial charge in [-0.15, -0.1) is 11.3 Å². The molecule has 7 nitrogen and oxygen atoms in total. The number of para-hydroxylation sites is 10. The van der Waals surface area contributed by atoms with Crippen LogP contribution in [0.2, 0.25) is 0 Å². The quantitative estimate of drug-likeness (QED) is 0.142. The van der Waals surface area contributed by atoms with Crippen LogP contribution in [0.1, 0.15) is 25.0 Å². The molecular formula is C129H84N6OS. The van der Waals surface area contributed by atoms with Gasteiger partial charge in [0.2, 0.25) is 0 Å². The van der Waals surface area contributed by atoms with E-state index in [2.05, 4.69) is 502 Å². The Bertz CT molecular complexity index is 9610. The number of fused-ring (bicyclic) bond motifs is 30. The number of furan rings is 1. The van der Waals surface area contributed by atoms with Gasteiger partial charge in [-0.05, 0) is 207 Å². The first-order valence-electron chi connectivity index (χ1n) is 47.2. The number of rotatable bonds is 9. The molecule has 0 saturated heterocycles. The first-order chi connectivity index (χ1) is 67.8. The second kappa shape index (κ2) is 30.8. The van der Waals surface area contributed by atoms with Gasteiger partial charge in [0.1, 0.15) is 11.2 Å². The van der Waals surface area contributed by atoms with Crippen molar-refractivity contribution in [2.45, 2.75) is 19.3 Å². The number of aromatic nitrogens is 6. The Kier molecular flexibility index (Phi) is 17.5. The third kappa shape index (κ3) is 12.0. The monoisotopic (exact) mass is 1760 g/mol. The van der Waals surface area contributed by atoms with Crippen LogP contribution < -0.4 is 0 Å². The highest BCUT2D eigenvalue weighted by molar-refractivity contribution is 7.25. The topological polar surface area (TPSA) is 42.7 Å². The summed E-state index contributed by atoms with van der Waals surface area (Å²) >= 11 is 1.86. The molecule has 0 unspecified atom stereocenters. The molecule has 8 aromatic heterocycles. The van der Waals surface area contributed by atoms with Crippen molar-refractivity contribution in [3.8, 4) is 78.6 Å². The zero-order valence-electron chi connectivity index (χ0n) is 75.0. The predicted octanol–water partition coefficient (Wildman–Crippen LogP) is 35.2. The molecule has 0 atom stereocenters. The first kappa shape index (κ1) is 78.1. The van der Waals surface area contributed by atoms with E-state index in [9.17, 15) is 0 Å². The van der Waals surface area contributed by atoms with Gasteiger partial charge < -0.3 is 31.8 Å². The molecule has 0 N–H and O–H groups in total. The number of thiophene rings is 1. The summed E-state index contributed by atoms with van der Waals surface area (Å²) in [5.41, 5.74) is 36.2. The van der Waals surface area contributed by atoms with Crippen LogP contribution in [0.3, 0.4) is 0 Å². The van der Waals surface area contributed by atoms with Crippen molar-refractivity contribution in [1.82, 2.24) is 27.4 Å². The Balaban J connectivity index is 0.000000102. The molecule has 0 aliphatic heterocycles. The summed E-state index contributed by atoms with van der Waals surface area (Å²) < 4.78 is 23.5. The molecule has 1 aliphatic rings. The second-order valence-corrected chi connectivity index (χ2v) is 38.0. The summed E-state index contributed by atoms with van der Waals surface area (Å²) in [5, 5.41) is 20.1. The highest BCUT2D eigenvalue weighted by Gasteiger charge is 2.36. The van der Waals surface area contributed by atoms with Gasteiger partial charge in [0.05, 0.1) is 66.2 Å². The summed E-state index contributed by atoms with van der Waals surface area (Å²) in [6, 6.07) is 172. The van der Waals surface area contributed by atoms with Crippen molar-refractivity contribution in [3.63, 3.8) is 0 Å². The smallest absolute Gasteiger partial charge is 0.135 e. The highest BCUT2D eigenvalue weighted by atomic mass is 32.1. The van der Waals surface area contributed by atoms with Gasteiger partial charge in [-0.2, -0.15) is 0 Å². The summed E-state index contributed by atoms with van der Waals surface area (Å²) in [6.07, 6.45) is 0. The number of nitrogens with zero attached hydrogens (tertiary/aromatic N) is 6. The van der Waals surface area contributed by atoms with Gasteiger partial charge in [-0.3, -0.25) is 0 Å². The van der Waals surface area contributed by atoms with Crippen LogP contribution >= 0.6 is 11.3 Å². The van der Waals surface area contributed by atoms with Crippen LogP contribution in [0.4, 0.5) is 0 Å². The van der Waals surface area contributed by atoms with Gasteiger partial charge in [-0.25, -0.2) is 0 Å². The molecule has 137 heavy (non-hydrogen) atoms. The number of hydrogen-bond acceptors (Lipinski definition) is 2. The Morgan fingerprint density at radius 1 is 0.175 bits per heavy atom. The minimum atomic E-state index is 0.0123. The van der Waals surface area contributed by atoms with Crippen LogP contribution in [-0.4, -0.2) is 27.4 Å². The minimum absolute atomic E-state index is 0.0123. The fourth-order valence-electron chi connectivity index (χ4n) is 23.0. The van der Waals surface area contributed by atoms with E-state index in [0.29, 0.717) is 0 Å². The highest BCUT2D eigenvalue weighted by Crippen LogP contribution is 2.52. The number of benzene rings is 21. The van der Waals surface area contributed by atoms with Crippen molar-refractivity contribution < 1.29 is 4.42 Å². The third-order valence-electron chi connectivity index (χ3n) is 29.2. The van der Waals surface area contributed by atoms with Crippen LogP contribution in [-0.2, 0) is 5.41 Å². The Morgan fingerprint density at radius 2 is 0.445 bits per heavy atom. The molecule has 0 fully saturated rings. The molecule has 0 radical (unpaired) electrons. The molecule has 0 saturated carbocycles. The SMILES string of the molecule is CC1(C)c2ccccc2-c2cc(-c3ccc(-n4c5ccccc5c5ccc6c7ccccc7n(-c7ccccc7)c6c54)cc3)ccc21.c1ccc(-n2c3ccccc3c3ccc4c5ccccc5n(-c5ccc(-c6ccc7oc8ccccc8c7c6)cc5)c4c32)cc1.c1ccc(-n2c3ccccc3c3ccc4c5ccccc5n(-c5ccc(-c6ccc7sc8ccccc8c7c6)cc5)c4c32)cc1. The van der Waals surface area contributed by atoms with Crippen LogP contribution in [0.5, 0.6) is 0 Å². The molecule has 30 rings (SSSR count). The van der Waals surface area contributed by atoms with Gasteiger partial charge in [0.25, 0.3) is 0 Å². The lowest BCUT2D eigenvalue weighted by atomic mass is 9.82. The van der Waals surface area contributed by atoms with E-state index in [0.717, 1.165) is 44.7 Å². The molecule has 21 aromatic carbocycles. The first-order valence-corrected chi connectivity index (χ1v) is 48.0. The van der Waals surface area contributed by atoms with Crippen molar-refractivity contribution in [2.75, 3.05) is 0 Å². The average molecular weight is 1770 g/mol. The standard InChI is InChI=1S/C45H32N2.C42H26N2O.C42H26N2S/c1-45(2)39-17-9-6-14-33(39)38-28-30(22-27-40(38)45)29-20-23-32(24-21-29)47-42-19-11-8-16-35(42)37-26-25-36-34-15-7-10-18-41(34)46(43(36)44(37)47)31-12-4-3-5-13-31;2*1-2-10-29(11-3-1)43-37-15-7-4-12-31(37)34-23-24-35-32-13-5-8-16-38(32)44(42(35)41(34)43)30-21-18-27(19-22-30)28-20-25-40-36(26-28)33-14-6-9-17-39(33)45-40/h3-28H,1-2H3;2*1-26H. The lowest BCUT2D eigenvalue weighted by Crippen LogP contribution is -2.14. The Morgan fingerprint density at radius 3 is 0.839 bits per heavy atom. The summed E-state index contributed by atoms with van der Waals surface area (Å²) in [5.74, 6) is 0. The van der Waals surface area contributed by atoms with Crippen LogP contribution in [0, 0.1) is 0 Å². The molecule has 29 aromatic rings. The van der Waals surface area contributed by atoms with Gasteiger partial charge in [0.15, 0.2) is 0 Å². The van der Waals surface area contributed by atoms with Gasteiger partial charge >= 0.3 is 0 Å². The van der Waals surface area contributed by atoms with Crippen LogP contribution in [0.25, 0.3) is 252 Å². The van der Waals surface area contributed by atoms with E-state index in [1.165, 1.54) is 218 Å². The summed E-state index contributed by atoms with van der Waals surface area (Å²) in [6.45, 7) is 4.68. The van der Waals surface area contributed by atoms with Crippen molar-refractivity contribution >= 4 is 184 Å². The molecule has 0 bridgehead atoms. The molecule has 8 heterocycles. The third-order valence-corrected chi connectivity index (χ3v) is 30.3. The van der Waals surface area contributed by atoms with E-state index in [4.69, 9.17) is 4.42 Å². The summed E-state index contributed by atoms with van der Waals surface area (Å²) in [7, 11) is 0. The summed E-state index contributed by atoms with van der Waals surface area (Å²) in [4.78, 5) is 0. The predicted molar refractivity (Wildman–Crippen MR) is 579 cm³/mol. The van der Waals surface area contributed by atoms with E-state index in [-0.39, 0.29) is 5.41 Å². The second-order valence-electron chi connectivity index (χ2n) is 36.9. The van der Waals surface area contributed by atoms with E-state index in [1.54, 1.807) is 0 Å². The molecule has 1 aliphatic carbocycles. The van der Waals surface area contributed by atoms with E-state index in [1.807, 2.05) is 23.5 Å². The molecule has 0 amide bonds. The van der Waals surface area contributed by atoms with Gasteiger partial charge in [0, 0.05) is 135 Å². The minimum Gasteiger partial charge on any atom is -0.456 e. The van der Waals surface area contributed by atoms with Gasteiger partial charge in [-0.1, -0.05) is 335 Å². The van der Waals surface area contributed by atoms with Crippen molar-refractivity contribution in [3.05, 3.63) is 484 Å². The average Bonchev–Trinajstić information content (AvgIpc) is 1.55. The van der Waals surface area contributed by atoms with E-state index < -0.39 is 0 Å². The zero-order chi connectivity index (χ0) is 90.2.